The third-order valence-electron chi connectivity index (χ3n) is 21.3. The van der Waals surface area contributed by atoms with Crippen molar-refractivity contribution in [1.82, 2.24) is 60.6 Å². The number of piperazine rings is 3. The standard InChI is InChI=1S/C29H33F4N7O.C27H29F4N7O.C26H27F4N7O/c1-18-12-23(29(31,32)33)22(17-34-18)27(41)38-25-13-21(24(30)14-26(25)40-10-8-39(2)9-11-40)19-15-35-28(36-16-19)37-20-6-4-3-5-7-20;1-17-11-21(27(29,30)31)20(16-32-17)25(39)35-23-12-19(18-14-33-26(34-15-18)38-5-3-4-6-38)22(28)13-24(23)37-9-7-36(2)8-10-37;1-15-9-20(26(28,29)30)19(14-31-15)24(38)35-22-10-18(16-12-32-25(33-13-16)34-17-3-4-17)21(27)11-23(22)37-7-5-36(2)6-8-37/h12-17,20,34H,1,3-11H2,2H3,(H,38,41)(H,35,36,37);11-16,32H,1,3-10H2,2H3,(H,35,39);9-14,17,31H,1,3-8H2,2H3,(H,35,38)(H,32,33,34). The van der Waals surface area contributed by atoms with E-state index in [4.69, 9.17) is 0 Å². The second-order valence-corrected chi connectivity index (χ2v) is 30.1. The van der Waals surface area contributed by atoms with Crippen molar-refractivity contribution in [3.8, 4) is 33.4 Å². The van der Waals surface area contributed by atoms with Gasteiger partial charge in [0.2, 0.25) is 17.8 Å². The Labute approximate surface area is 673 Å². The molecule has 8 N–H and O–H groups in total. The fraction of sp³-hybridized carbons (Fsp3) is 0.378. The Morgan fingerprint density at radius 2 is 0.669 bits per heavy atom. The summed E-state index contributed by atoms with van der Waals surface area (Å²) in [5.74, 6) is -3.17. The number of anilines is 9. The maximum atomic E-state index is 15.6. The minimum atomic E-state index is -4.77. The molecule has 4 saturated heterocycles. The molecule has 0 spiro atoms. The van der Waals surface area contributed by atoms with Crippen molar-refractivity contribution >= 4 is 69.7 Å². The molecule has 10 heterocycles. The van der Waals surface area contributed by atoms with Crippen LogP contribution in [-0.2, 0) is 14.4 Å². The van der Waals surface area contributed by atoms with Gasteiger partial charge in [0.1, 0.15) is 17.5 Å². The number of amides is 3. The van der Waals surface area contributed by atoms with Crippen LogP contribution in [0.25, 0.3) is 33.4 Å². The summed E-state index contributed by atoms with van der Waals surface area (Å²) in [6.45, 7) is 19.8. The minimum absolute atomic E-state index is 0.00990. The maximum Gasteiger partial charge on any atom is 0.417 e. The number of hydrogen-bond acceptors (Lipinski definition) is 21. The number of aromatic nitrogens is 6. The average Bonchev–Trinajstić information content (AvgIpc) is 1.01. The van der Waals surface area contributed by atoms with Crippen LogP contribution in [0.15, 0.2) is 181 Å². The average molecular weight is 1640 g/mol. The first-order valence-electron chi connectivity index (χ1n) is 38.6. The molecule has 6 aromatic rings. The first-order valence-corrected chi connectivity index (χ1v) is 38.6. The molecule has 118 heavy (non-hydrogen) atoms. The van der Waals surface area contributed by atoms with Gasteiger partial charge in [-0.05, 0) is 114 Å². The molecule has 24 nitrogen and oxygen atoms in total. The normalized spacial score (nSPS) is 18.6. The van der Waals surface area contributed by atoms with Crippen LogP contribution in [0.2, 0.25) is 0 Å². The summed E-state index contributed by atoms with van der Waals surface area (Å²) in [5.41, 5.74) is -1.87. The number of alkyl halides is 9. The van der Waals surface area contributed by atoms with E-state index in [-0.39, 0.29) is 50.8 Å². The number of allylic oxidation sites excluding steroid dienone is 3. The molecule has 624 valence electrons. The topological polar surface area (TPSA) is 247 Å². The van der Waals surface area contributed by atoms with E-state index in [1.165, 1.54) is 80.0 Å². The summed E-state index contributed by atoms with van der Waals surface area (Å²) >= 11 is 0. The molecule has 9 aliphatic rings. The lowest BCUT2D eigenvalue weighted by molar-refractivity contribution is -0.115. The lowest BCUT2D eigenvalue weighted by atomic mass is 9.96. The number of hydrogen-bond donors (Lipinski definition) is 8. The van der Waals surface area contributed by atoms with E-state index < -0.39 is 87.1 Å². The number of nitrogens with one attached hydrogen (secondary N) is 8. The highest BCUT2D eigenvalue weighted by Crippen LogP contribution is 2.43. The predicted octanol–water partition coefficient (Wildman–Crippen LogP) is 13.3. The largest absolute Gasteiger partial charge is 0.417 e. The predicted molar refractivity (Wildman–Crippen MR) is 429 cm³/mol. The third kappa shape index (κ3) is 20.8. The quantitative estimate of drug-likeness (QED) is 0.0396. The Balaban J connectivity index is 0.000000154. The van der Waals surface area contributed by atoms with Gasteiger partial charge in [0, 0.05) is 210 Å². The zero-order chi connectivity index (χ0) is 83.9. The Hall–Kier alpha value is -11.8. The highest BCUT2D eigenvalue weighted by Gasteiger charge is 2.43. The zero-order valence-electron chi connectivity index (χ0n) is 65.0. The van der Waals surface area contributed by atoms with Crippen molar-refractivity contribution in [3.63, 3.8) is 0 Å². The highest BCUT2D eigenvalue weighted by atomic mass is 19.4. The highest BCUT2D eigenvalue weighted by molar-refractivity contribution is 6.11. The summed E-state index contributed by atoms with van der Waals surface area (Å²) in [4.78, 5) is 79.7. The smallest absolute Gasteiger partial charge is 0.367 e. The first-order chi connectivity index (χ1) is 56.3. The molecule has 7 aliphatic heterocycles. The van der Waals surface area contributed by atoms with E-state index in [0.717, 1.165) is 101 Å². The number of carbonyl (C=O) groups excluding carboxylic acids is 3. The molecule has 0 atom stereocenters. The molecule has 6 fully saturated rings. The molecular weight excluding hydrogens is 1560 g/mol. The van der Waals surface area contributed by atoms with Crippen LogP contribution in [0.1, 0.15) is 57.8 Å². The van der Waals surface area contributed by atoms with Crippen molar-refractivity contribution in [3.05, 3.63) is 198 Å². The van der Waals surface area contributed by atoms with Gasteiger partial charge < -0.3 is 76.8 Å². The van der Waals surface area contributed by atoms with E-state index >= 15 is 13.2 Å². The van der Waals surface area contributed by atoms with Crippen LogP contribution in [0.4, 0.5) is 105 Å². The summed E-state index contributed by atoms with van der Waals surface area (Å²) in [6.07, 6.45) is 9.76. The van der Waals surface area contributed by atoms with E-state index in [2.05, 4.69) is 112 Å². The summed E-state index contributed by atoms with van der Waals surface area (Å²) in [6, 6.07) is 8.83. The SMILES string of the molecule is C=C1C=C(C(F)(F)F)C(C(=O)Nc2cc(-c3cnc(N4CCCC4)nc3)c(F)cc2N2CCN(C)CC2)=CN1.C=C1C=C(C(F)(F)F)C(C(=O)Nc2cc(-c3cnc(NC4CC4)nc3)c(F)cc2N2CCN(C)CC2)=CN1.C=C1C=C(C(F)(F)F)C(C(=O)Nc2cc(-c3cnc(NC4CCCCC4)nc3)c(F)cc2N2CCN(C)CC2)=CN1. The van der Waals surface area contributed by atoms with Gasteiger partial charge in [-0.15, -0.1) is 0 Å². The van der Waals surface area contributed by atoms with Crippen molar-refractivity contribution in [2.75, 3.05) is 159 Å². The number of nitrogens with zero attached hydrogens (tertiary/aromatic N) is 13. The summed E-state index contributed by atoms with van der Waals surface area (Å²) < 4.78 is 170. The van der Waals surface area contributed by atoms with Crippen LogP contribution < -0.4 is 62.1 Å². The van der Waals surface area contributed by atoms with Crippen LogP contribution in [0.3, 0.4) is 0 Å². The lowest BCUT2D eigenvalue weighted by Crippen LogP contribution is -2.44. The van der Waals surface area contributed by atoms with Crippen molar-refractivity contribution in [1.29, 1.82) is 0 Å². The van der Waals surface area contributed by atoms with Crippen molar-refractivity contribution in [2.24, 2.45) is 0 Å². The van der Waals surface area contributed by atoms with Crippen molar-refractivity contribution < 1.29 is 67.1 Å². The van der Waals surface area contributed by atoms with E-state index in [9.17, 15) is 53.9 Å². The van der Waals surface area contributed by atoms with Crippen LogP contribution in [0, 0.1) is 17.5 Å². The molecule has 3 aromatic heterocycles. The maximum absolute atomic E-state index is 15.6. The fourth-order valence-electron chi connectivity index (χ4n) is 14.5. The molecule has 3 amide bonds. The Bertz CT molecular complexity index is 4970. The second kappa shape index (κ2) is 36.0. The fourth-order valence-corrected chi connectivity index (χ4v) is 14.5. The van der Waals surface area contributed by atoms with Gasteiger partial charge in [-0.3, -0.25) is 14.4 Å². The Morgan fingerprint density at radius 3 is 0.958 bits per heavy atom. The molecule has 0 radical (unpaired) electrons. The van der Waals surface area contributed by atoms with Gasteiger partial charge >= 0.3 is 18.5 Å². The summed E-state index contributed by atoms with van der Waals surface area (Å²) in [5, 5.41) is 22.0. The molecule has 0 unspecified atom stereocenters. The van der Waals surface area contributed by atoms with Crippen molar-refractivity contribution in [2.45, 2.75) is 88.4 Å². The second-order valence-electron chi connectivity index (χ2n) is 30.1. The van der Waals surface area contributed by atoms with Gasteiger partial charge in [0.05, 0.1) is 67.6 Å². The van der Waals surface area contributed by atoms with E-state index in [1.54, 1.807) is 0 Å². The number of dihydropyridines is 3. The monoisotopic (exact) mass is 1640 g/mol. The van der Waals surface area contributed by atoms with Gasteiger partial charge in [-0.2, -0.15) is 39.5 Å². The number of halogens is 12. The first kappa shape index (κ1) is 84.1. The van der Waals surface area contributed by atoms with Crippen LogP contribution in [0.5, 0.6) is 0 Å². The van der Waals surface area contributed by atoms with E-state index in [1.807, 2.05) is 35.8 Å². The Kier molecular flexibility index (Phi) is 25.7. The molecule has 2 saturated carbocycles. The van der Waals surface area contributed by atoms with Crippen LogP contribution in [-0.4, -0.2) is 206 Å². The van der Waals surface area contributed by atoms with Crippen LogP contribution >= 0.6 is 0 Å². The molecule has 2 aliphatic carbocycles. The third-order valence-corrected chi connectivity index (χ3v) is 21.3. The van der Waals surface area contributed by atoms with Gasteiger partial charge in [0.25, 0.3) is 17.7 Å². The summed E-state index contributed by atoms with van der Waals surface area (Å²) in [7, 11) is 5.90. The number of carbonyl (C=O) groups is 3. The molecule has 3 aromatic carbocycles. The minimum Gasteiger partial charge on any atom is -0.367 e. The van der Waals surface area contributed by atoms with Gasteiger partial charge in [-0.1, -0.05) is 39.0 Å². The lowest BCUT2D eigenvalue weighted by Gasteiger charge is -2.35. The van der Waals surface area contributed by atoms with Gasteiger partial charge in [-0.25, -0.2) is 43.1 Å². The zero-order valence-corrected chi connectivity index (χ0v) is 65.0. The molecule has 15 rings (SSSR count). The van der Waals surface area contributed by atoms with Gasteiger partial charge in [0.15, 0.2) is 0 Å². The number of likely N-dealkylation sites (N-methyl/N-ethyl adjacent to an activating group) is 3. The van der Waals surface area contributed by atoms with E-state index in [0.29, 0.717) is 142 Å². The number of benzene rings is 3. The molecule has 0 bridgehead atoms. The molecule has 36 heteroatoms. The number of rotatable bonds is 17. The Morgan fingerprint density at radius 1 is 0.381 bits per heavy atom. The molecular formula is C82H89F12N21O3.